The fraction of sp³-hybridized carbons (Fsp3) is 0.250. The molecule has 3 aromatic rings. The molecular formula is C20H21N3O3S2. The van der Waals surface area contributed by atoms with Crippen molar-refractivity contribution in [2.75, 3.05) is 11.9 Å². The number of nitrogens with one attached hydrogen (secondary N) is 2. The highest BCUT2D eigenvalue weighted by molar-refractivity contribution is 7.18. The van der Waals surface area contributed by atoms with Crippen molar-refractivity contribution in [1.82, 2.24) is 10.3 Å². The van der Waals surface area contributed by atoms with Gasteiger partial charge in [-0.3, -0.25) is 14.9 Å². The molecule has 3 rings (SSSR count). The molecule has 8 heteroatoms. The van der Waals surface area contributed by atoms with Crippen LogP contribution in [0.25, 0.3) is 10.6 Å². The molecule has 146 valence electrons. The summed E-state index contributed by atoms with van der Waals surface area (Å²) in [5.41, 5.74) is 1.98. The van der Waals surface area contributed by atoms with Crippen molar-refractivity contribution in [2.24, 2.45) is 0 Å². The van der Waals surface area contributed by atoms with Crippen LogP contribution in [0.4, 0.5) is 5.13 Å². The number of anilines is 1. The van der Waals surface area contributed by atoms with Gasteiger partial charge in [0.25, 0.3) is 5.91 Å². The zero-order valence-corrected chi connectivity index (χ0v) is 17.5. The Kier molecular flexibility index (Phi) is 6.43. The molecule has 2 aromatic heterocycles. The Labute approximate surface area is 171 Å². The van der Waals surface area contributed by atoms with Crippen LogP contribution in [0.2, 0.25) is 0 Å². The van der Waals surface area contributed by atoms with E-state index in [9.17, 15) is 9.59 Å². The van der Waals surface area contributed by atoms with Gasteiger partial charge in [0, 0.05) is 16.7 Å². The van der Waals surface area contributed by atoms with Crippen molar-refractivity contribution in [3.8, 4) is 16.3 Å². The quantitative estimate of drug-likeness (QED) is 0.608. The number of aromatic nitrogens is 1. The largest absolute Gasteiger partial charge is 0.484 e. The lowest BCUT2D eigenvalue weighted by Gasteiger charge is -2.05. The van der Waals surface area contributed by atoms with Crippen molar-refractivity contribution in [3.63, 3.8) is 0 Å². The second-order valence-electron chi connectivity index (χ2n) is 6.25. The summed E-state index contributed by atoms with van der Waals surface area (Å²) in [5.74, 6) is 0.345. The monoisotopic (exact) mass is 415 g/mol. The number of rotatable bonds is 7. The van der Waals surface area contributed by atoms with Gasteiger partial charge in [0.2, 0.25) is 5.91 Å². The average Bonchev–Trinajstić information content (AvgIpc) is 3.26. The Bertz CT molecular complexity index is 977. The molecule has 2 N–H and O–H groups in total. The van der Waals surface area contributed by atoms with E-state index < -0.39 is 0 Å². The maximum absolute atomic E-state index is 12.2. The molecule has 28 heavy (non-hydrogen) atoms. The Balaban J connectivity index is 1.59. The summed E-state index contributed by atoms with van der Waals surface area (Å²) in [5, 5.41) is 6.12. The van der Waals surface area contributed by atoms with Crippen molar-refractivity contribution < 1.29 is 14.3 Å². The number of carbonyl (C=O) groups is 2. The van der Waals surface area contributed by atoms with Gasteiger partial charge in [-0.15, -0.1) is 22.7 Å². The average molecular weight is 416 g/mol. The van der Waals surface area contributed by atoms with E-state index in [4.69, 9.17) is 4.74 Å². The number of thiophene rings is 1. The highest BCUT2D eigenvalue weighted by Crippen LogP contribution is 2.34. The molecule has 0 aliphatic carbocycles. The topological polar surface area (TPSA) is 80.3 Å². The van der Waals surface area contributed by atoms with Crippen LogP contribution < -0.4 is 15.4 Å². The van der Waals surface area contributed by atoms with Crippen LogP contribution in [-0.4, -0.2) is 23.4 Å². The lowest BCUT2D eigenvalue weighted by atomic mass is 10.2. The van der Waals surface area contributed by atoms with E-state index in [2.05, 4.69) is 15.6 Å². The number of amides is 2. The number of benzene rings is 1. The molecule has 0 saturated heterocycles. The van der Waals surface area contributed by atoms with E-state index in [0.29, 0.717) is 17.4 Å². The summed E-state index contributed by atoms with van der Waals surface area (Å²) in [6.45, 7) is 5.89. The zero-order valence-electron chi connectivity index (χ0n) is 15.9. The first-order valence-electron chi connectivity index (χ1n) is 8.71. The number of thiazole rings is 1. The highest BCUT2D eigenvalue weighted by atomic mass is 32.1. The van der Waals surface area contributed by atoms with Gasteiger partial charge < -0.3 is 10.1 Å². The number of carbonyl (C=O) groups excluding carboxylic acids is 2. The first kappa shape index (κ1) is 20.0. The molecule has 0 radical (unpaired) electrons. The lowest BCUT2D eigenvalue weighted by molar-refractivity contribution is -0.119. The van der Waals surface area contributed by atoms with Crippen LogP contribution in [0.15, 0.2) is 36.4 Å². The second kappa shape index (κ2) is 8.99. The molecule has 0 atom stereocenters. The summed E-state index contributed by atoms with van der Waals surface area (Å²) in [6.07, 6.45) is 0. The minimum Gasteiger partial charge on any atom is -0.484 e. The molecule has 2 heterocycles. The first-order chi connectivity index (χ1) is 13.4. The van der Waals surface area contributed by atoms with Gasteiger partial charge in [-0.05, 0) is 38.1 Å². The van der Waals surface area contributed by atoms with Gasteiger partial charge in [0.1, 0.15) is 5.75 Å². The van der Waals surface area contributed by atoms with Crippen LogP contribution in [-0.2, 0) is 16.1 Å². The number of aryl methyl sites for hydroxylation is 2. The minimum absolute atomic E-state index is 0.0577. The van der Waals surface area contributed by atoms with Crippen LogP contribution in [0.1, 0.15) is 22.2 Å². The van der Waals surface area contributed by atoms with Gasteiger partial charge >= 0.3 is 0 Å². The molecule has 0 fully saturated rings. The molecule has 6 nitrogen and oxygen atoms in total. The summed E-state index contributed by atoms with van der Waals surface area (Å²) < 4.78 is 5.50. The Morgan fingerprint density at radius 2 is 1.82 bits per heavy atom. The van der Waals surface area contributed by atoms with E-state index in [1.165, 1.54) is 18.3 Å². The number of hydrogen-bond donors (Lipinski definition) is 2. The fourth-order valence-corrected chi connectivity index (χ4v) is 4.33. The molecule has 1 aromatic carbocycles. The van der Waals surface area contributed by atoms with Gasteiger partial charge in [-0.25, -0.2) is 4.98 Å². The second-order valence-corrected chi connectivity index (χ2v) is 8.62. The third-order valence-corrected chi connectivity index (χ3v) is 5.82. The molecule has 0 spiro atoms. The summed E-state index contributed by atoms with van der Waals surface area (Å²) in [7, 11) is 0. The number of hydrogen-bond acceptors (Lipinski definition) is 6. The van der Waals surface area contributed by atoms with Gasteiger partial charge in [-0.1, -0.05) is 17.7 Å². The predicted molar refractivity (Wildman–Crippen MR) is 113 cm³/mol. The van der Waals surface area contributed by atoms with Gasteiger partial charge in [0.15, 0.2) is 11.7 Å². The number of nitrogens with zero attached hydrogens (tertiary/aromatic N) is 1. The van der Waals surface area contributed by atoms with E-state index in [1.54, 1.807) is 11.3 Å². The number of ether oxygens (including phenoxy) is 1. The molecule has 2 amide bonds. The van der Waals surface area contributed by atoms with Crippen molar-refractivity contribution in [1.29, 1.82) is 0 Å². The van der Waals surface area contributed by atoms with E-state index in [-0.39, 0.29) is 18.4 Å². The highest BCUT2D eigenvalue weighted by Gasteiger charge is 2.14. The fourth-order valence-electron chi connectivity index (χ4n) is 2.43. The van der Waals surface area contributed by atoms with Gasteiger partial charge in [0.05, 0.1) is 17.1 Å². The molecular weight excluding hydrogens is 394 g/mol. The SMILES string of the molecule is CC(=O)NCc1ccc(-c2nc(NC(=O)COc3ccc(C)cc3)sc2C)s1. The van der Waals surface area contributed by atoms with E-state index in [0.717, 1.165) is 25.9 Å². The van der Waals surface area contributed by atoms with E-state index >= 15 is 0 Å². The molecule has 0 bridgehead atoms. The Morgan fingerprint density at radius 3 is 2.54 bits per heavy atom. The van der Waals surface area contributed by atoms with Crippen LogP contribution in [0.5, 0.6) is 5.75 Å². The molecule has 0 unspecified atom stereocenters. The third-order valence-electron chi connectivity index (χ3n) is 3.84. The normalized spacial score (nSPS) is 10.5. The summed E-state index contributed by atoms with van der Waals surface area (Å²) >= 11 is 3.00. The van der Waals surface area contributed by atoms with Crippen molar-refractivity contribution >= 4 is 39.6 Å². The van der Waals surface area contributed by atoms with Crippen molar-refractivity contribution in [2.45, 2.75) is 27.3 Å². The van der Waals surface area contributed by atoms with Crippen LogP contribution >= 0.6 is 22.7 Å². The standard InChI is InChI=1S/C20H21N3O3S2/c1-12-4-6-15(7-5-12)26-11-18(25)22-20-23-19(13(2)27-20)17-9-8-16(28-17)10-21-14(3)24/h4-9H,10-11H2,1-3H3,(H,21,24)(H,22,23,25). The predicted octanol–water partition coefficient (Wildman–Crippen LogP) is 4.14. The van der Waals surface area contributed by atoms with Crippen LogP contribution in [0, 0.1) is 13.8 Å². The zero-order chi connectivity index (χ0) is 20.1. The molecule has 0 aliphatic rings. The Morgan fingerprint density at radius 1 is 1.07 bits per heavy atom. The van der Waals surface area contributed by atoms with E-state index in [1.807, 2.05) is 50.2 Å². The molecule has 0 saturated carbocycles. The van der Waals surface area contributed by atoms with Gasteiger partial charge in [-0.2, -0.15) is 0 Å². The lowest BCUT2D eigenvalue weighted by Crippen LogP contribution is -2.20. The maximum Gasteiger partial charge on any atom is 0.264 e. The smallest absolute Gasteiger partial charge is 0.264 e. The third kappa shape index (κ3) is 5.40. The minimum atomic E-state index is -0.251. The Hall–Kier alpha value is -2.71. The van der Waals surface area contributed by atoms with Crippen molar-refractivity contribution in [3.05, 3.63) is 51.7 Å². The summed E-state index contributed by atoms with van der Waals surface area (Å²) in [6, 6.07) is 11.5. The molecule has 0 aliphatic heterocycles. The van der Waals surface area contributed by atoms with Crippen LogP contribution in [0.3, 0.4) is 0 Å². The maximum atomic E-state index is 12.2. The summed E-state index contributed by atoms with van der Waals surface area (Å²) in [4.78, 5) is 30.8. The first-order valence-corrected chi connectivity index (χ1v) is 10.3.